The Morgan fingerprint density at radius 3 is 1.35 bits per heavy atom. The lowest BCUT2D eigenvalue weighted by Crippen LogP contribution is -2.33. The summed E-state index contributed by atoms with van der Waals surface area (Å²) in [5.74, 6) is 0.967. The number of imide groups is 1. The molecule has 0 bridgehead atoms. The maximum absolute atomic E-state index is 12.7. The average molecular weight is 1070 g/mol. The zero-order chi connectivity index (χ0) is 54.8. The number of nitrogens with zero attached hydrogens (tertiary/aromatic N) is 5. The van der Waals surface area contributed by atoms with Crippen LogP contribution in [0.25, 0.3) is 44.1 Å². The molecule has 12 nitrogen and oxygen atoms in total. The van der Waals surface area contributed by atoms with E-state index >= 15 is 0 Å². The molecule has 3 aliphatic heterocycles. The number of carbonyl (C=O) groups excluding carboxylic acids is 2. The van der Waals surface area contributed by atoms with Crippen LogP contribution in [-0.4, -0.2) is 75.8 Å². The van der Waals surface area contributed by atoms with Crippen molar-refractivity contribution in [1.29, 1.82) is 0 Å². The standard InChI is InChI=1S/C38H35N3O4.C30H33N3O2/c1-2-31(26-10-4-3-5-11-26)36(28-17-20-34-29(24-28)25-39-41(34)35-14-8-9-22-45-35)27-15-18-30(19-16-27)44-23-21-40-37(42)32-12-6-7-13-33(32)38(40)43;1-2-27(22-8-4-3-5-9-22)30(23-11-14-26(15-12-23)34-19-17-31)24-13-16-28-25(20-24)21-32-33(28)29-10-6-7-18-35-29/h3-7,10-13,15-20,24-25,35H,2,8-9,14,21-23H2,1H3;3-5,8-9,11-16,20-21,29H,2,6-7,10,17-19,31H2,1H3/b36-31+;30-27+. The minimum Gasteiger partial charge on any atom is -0.492 e. The quantitative estimate of drug-likeness (QED) is 0.0698. The number of aromatic nitrogens is 4. The number of nitrogens with two attached hydrogens (primary N) is 1. The van der Waals surface area contributed by atoms with E-state index in [1.807, 2.05) is 52.1 Å². The fourth-order valence-corrected chi connectivity index (χ4v) is 11.4. The second-order valence-electron chi connectivity index (χ2n) is 20.4. The molecule has 2 atom stereocenters. The van der Waals surface area contributed by atoms with Crippen LogP contribution in [0.1, 0.15) is 132 Å². The minimum absolute atomic E-state index is 0.0165. The molecule has 2 aromatic heterocycles. The van der Waals surface area contributed by atoms with Crippen LogP contribution in [0.3, 0.4) is 0 Å². The number of rotatable bonds is 17. The smallest absolute Gasteiger partial charge is 0.261 e. The summed E-state index contributed by atoms with van der Waals surface area (Å²) in [6.45, 7) is 7.40. The van der Waals surface area contributed by atoms with Crippen molar-refractivity contribution >= 4 is 55.9 Å². The first-order valence-electron chi connectivity index (χ1n) is 28.3. The number of benzene rings is 7. The molecule has 2 amide bonds. The van der Waals surface area contributed by atoms with Crippen LogP contribution in [0.15, 0.2) is 182 Å². The highest BCUT2D eigenvalue weighted by Gasteiger charge is 2.35. The Balaban J connectivity index is 0.000000174. The van der Waals surface area contributed by atoms with Crippen LogP contribution >= 0.6 is 0 Å². The predicted octanol–water partition coefficient (Wildman–Crippen LogP) is 14.2. The molecule has 2 unspecified atom stereocenters. The highest BCUT2D eigenvalue weighted by molar-refractivity contribution is 6.21. The molecule has 0 spiro atoms. The second-order valence-corrected chi connectivity index (χ2v) is 20.4. The molecule has 2 fully saturated rings. The van der Waals surface area contributed by atoms with Crippen LogP contribution in [0, 0.1) is 0 Å². The topological polar surface area (TPSA) is 136 Å². The lowest BCUT2D eigenvalue weighted by Gasteiger charge is -2.23. The van der Waals surface area contributed by atoms with Crippen molar-refractivity contribution in [2.75, 3.05) is 39.5 Å². The average Bonchev–Trinajstić information content (AvgIpc) is 4.26. The Hall–Kier alpha value is -8.42. The molecule has 2 saturated heterocycles. The maximum atomic E-state index is 12.7. The SMILES string of the molecule is CC/C(=C(/c1ccc(OCCN)cc1)c1ccc2c(cnn2C2CCCCO2)c1)c1ccccc1.CC/C(=C(/c1ccc(OCCN2C(=O)c3ccccc3C2=O)cc1)c1ccc2c(cnn2C2CCCCO2)c1)c1ccccc1. The lowest BCUT2D eigenvalue weighted by atomic mass is 9.88. The van der Waals surface area contributed by atoms with Gasteiger partial charge in [0.05, 0.1) is 41.1 Å². The molecule has 80 heavy (non-hydrogen) atoms. The van der Waals surface area contributed by atoms with Gasteiger partial charge >= 0.3 is 0 Å². The fourth-order valence-electron chi connectivity index (χ4n) is 11.4. The van der Waals surface area contributed by atoms with Gasteiger partial charge in [0.15, 0.2) is 12.5 Å². The summed E-state index contributed by atoms with van der Waals surface area (Å²) in [7, 11) is 0. The van der Waals surface area contributed by atoms with Gasteiger partial charge in [0, 0.05) is 30.5 Å². The predicted molar refractivity (Wildman–Crippen MR) is 317 cm³/mol. The largest absolute Gasteiger partial charge is 0.492 e. The summed E-state index contributed by atoms with van der Waals surface area (Å²) in [6, 6.07) is 57.7. The van der Waals surface area contributed by atoms with Crippen molar-refractivity contribution < 1.29 is 28.5 Å². The highest BCUT2D eigenvalue weighted by atomic mass is 16.5. The number of carbonyl (C=O) groups is 2. The molecule has 0 radical (unpaired) electrons. The molecule has 3 aliphatic rings. The first-order valence-corrected chi connectivity index (χ1v) is 28.3. The van der Waals surface area contributed by atoms with E-state index in [0.717, 1.165) is 108 Å². The minimum atomic E-state index is -0.272. The molecule has 12 rings (SSSR count). The number of hydrogen-bond donors (Lipinski definition) is 1. The van der Waals surface area contributed by atoms with Gasteiger partial charge in [0.2, 0.25) is 0 Å². The number of fused-ring (bicyclic) bond motifs is 3. The van der Waals surface area contributed by atoms with E-state index in [0.29, 0.717) is 30.0 Å². The van der Waals surface area contributed by atoms with E-state index in [9.17, 15) is 9.59 Å². The highest BCUT2D eigenvalue weighted by Crippen LogP contribution is 2.39. The first kappa shape index (κ1) is 53.6. The number of hydrogen-bond acceptors (Lipinski definition) is 9. The summed E-state index contributed by atoms with van der Waals surface area (Å²) >= 11 is 0. The van der Waals surface area contributed by atoms with Crippen molar-refractivity contribution in [2.24, 2.45) is 5.73 Å². The molecule has 406 valence electrons. The zero-order valence-electron chi connectivity index (χ0n) is 45.6. The van der Waals surface area contributed by atoms with E-state index < -0.39 is 0 Å². The van der Waals surface area contributed by atoms with Gasteiger partial charge in [-0.15, -0.1) is 0 Å². The third-order valence-electron chi connectivity index (χ3n) is 15.3. The van der Waals surface area contributed by atoms with Crippen LogP contribution in [0.2, 0.25) is 0 Å². The first-order chi connectivity index (χ1) is 39.4. The zero-order valence-corrected chi connectivity index (χ0v) is 45.6. The lowest BCUT2D eigenvalue weighted by molar-refractivity contribution is -0.0367. The molecule has 12 heteroatoms. The van der Waals surface area contributed by atoms with Gasteiger partial charge in [0.25, 0.3) is 11.8 Å². The molecule has 2 N–H and O–H groups in total. The van der Waals surface area contributed by atoms with Gasteiger partial charge in [-0.2, -0.15) is 10.2 Å². The Bertz CT molecular complexity index is 3610. The normalized spacial score (nSPS) is 16.9. The maximum Gasteiger partial charge on any atom is 0.261 e. The fraction of sp³-hybridized carbons (Fsp3) is 0.265. The van der Waals surface area contributed by atoms with E-state index in [1.165, 1.54) is 44.7 Å². The van der Waals surface area contributed by atoms with Crippen molar-refractivity contribution in [1.82, 2.24) is 24.5 Å². The van der Waals surface area contributed by atoms with Crippen LogP contribution in [-0.2, 0) is 9.47 Å². The van der Waals surface area contributed by atoms with Gasteiger partial charge in [-0.3, -0.25) is 14.5 Å². The van der Waals surface area contributed by atoms with Gasteiger partial charge < -0.3 is 24.7 Å². The Labute approximate surface area is 468 Å². The summed E-state index contributed by atoms with van der Waals surface area (Å²) in [6.07, 6.45) is 12.2. The molecular formula is C68H68N6O6. The summed E-state index contributed by atoms with van der Waals surface area (Å²) in [4.78, 5) is 26.7. The monoisotopic (exact) mass is 1060 g/mol. The van der Waals surface area contributed by atoms with Crippen molar-refractivity contribution in [3.05, 3.63) is 227 Å². The second kappa shape index (κ2) is 25.1. The Morgan fingerprint density at radius 1 is 0.512 bits per heavy atom. The number of allylic oxidation sites excluding steroid dienone is 2. The van der Waals surface area contributed by atoms with Crippen LogP contribution in [0.5, 0.6) is 11.5 Å². The van der Waals surface area contributed by atoms with Crippen molar-refractivity contribution in [3.63, 3.8) is 0 Å². The summed E-state index contributed by atoms with van der Waals surface area (Å²) in [5.41, 5.74) is 20.6. The third kappa shape index (κ3) is 11.5. The van der Waals surface area contributed by atoms with Crippen LogP contribution < -0.4 is 15.2 Å². The third-order valence-corrected chi connectivity index (χ3v) is 15.3. The summed E-state index contributed by atoms with van der Waals surface area (Å²) in [5, 5.41) is 11.6. The van der Waals surface area contributed by atoms with Crippen molar-refractivity contribution in [3.8, 4) is 11.5 Å². The number of amides is 2. The van der Waals surface area contributed by atoms with Crippen LogP contribution in [0.4, 0.5) is 0 Å². The van der Waals surface area contributed by atoms with E-state index in [1.54, 1.807) is 24.3 Å². The van der Waals surface area contributed by atoms with E-state index in [-0.39, 0.29) is 37.4 Å². The van der Waals surface area contributed by atoms with E-state index in [4.69, 9.17) is 34.9 Å². The molecule has 0 aliphatic carbocycles. The molecular weight excluding hydrogens is 997 g/mol. The van der Waals surface area contributed by atoms with Crippen molar-refractivity contribution in [2.45, 2.75) is 77.7 Å². The van der Waals surface area contributed by atoms with Gasteiger partial charge in [-0.25, -0.2) is 9.36 Å². The Morgan fingerprint density at radius 2 is 0.938 bits per heavy atom. The molecule has 5 heterocycles. The van der Waals surface area contributed by atoms with Gasteiger partial charge in [0.1, 0.15) is 24.7 Å². The van der Waals surface area contributed by atoms with Gasteiger partial charge in [-0.05, 0) is 168 Å². The van der Waals surface area contributed by atoms with E-state index in [2.05, 4.69) is 129 Å². The summed E-state index contributed by atoms with van der Waals surface area (Å²) < 4.78 is 27.8. The number of ether oxygens (including phenoxy) is 4. The Kier molecular flexibility index (Phi) is 16.8. The van der Waals surface area contributed by atoms with Gasteiger partial charge in [-0.1, -0.05) is 123 Å². The molecule has 7 aromatic carbocycles. The molecule has 0 saturated carbocycles. The molecule has 9 aromatic rings.